The van der Waals surface area contributed by atoms with Crippen LogP contribution in [0.2, 0.25) is 0 Å². The molecule has 0 amide bonds. The molecule has 4 heteroatoms. The summed E-state index contributed by atoms with van der Waals surface area (Å²) in [5.74, 6) is 1.73. The monoisotopic (exact) mass is 219 g/mol. The standard InChI is InChI=1S/C12H15N2O2/c1-2-11-12(16-9-15-11)7-10(1)8-14-5-3-13-4-6-14/h1-2,7H,3-6,8-9H2. The molecule has 2 aliphatic heterocycles. The molecular weight excluding hydrogens is 204 g/mol. The van der Waals surface area contributed by atoms with Gasteiger partial charge in [-0.15, -0.1) is 0 Å². The highest BCUT2D eigenvalue weighted by molar-refractivity contribution is 5.44. The molecule has 0 unspecified atom stereocenters. The lowest BCUT2D eigenvalue weighted by molar-refractivity contribution is 0.174. The van der Waals surface area contributed by atoms with Crippen LogP contribution in [0.3, 0.4) is 0 Å². The van der Waals surface area contributed by atoms with Gasteiger partial charge in [0.1, 0.15) is 0 Å². The highest BCUT2D eigenvalue weighted by Crippen LogP contribution is 2.32. The topological polar surface area (TPSA) is 35.8 Å². The van der Waals surface area contributed by atoms with Gasteiger partial charge in [-0.25, -0.2) is 5.32 Å². The normalized spacial score (nSPS) is 20.0. The van der Waals surface area contributed by atoms with Crippen molar-refractivity contribution in [3.05, 3.63) is 23.8 Å². The van der Waals surface area contributed by atoms with Crippen molar-refractivity contribution < 1.29 is 9.47 Å². The Morgan fingerprint density at radius 2 is 1.94 bits per heavy atom. The van der Waals surface area contributed by atoms with Crippen LogP contribution in [0, 0.1) is 0 Å². The SMILES string of the molecule is c1cc2c(cc1CN1CC[N]CC1)OCO2. The zero-order valence-electron chi connectivity index (χ0n) is 9.19. The molecule has 1 saturated heterocycles. The second-order valence-electron chi connectivity index (χ2n) is 4.13. The molecule has 0 spiro atoms. The van der Waals surface area contributed by atoms with Crippen LogP contribution >= 0.6 is 0 Å². The minimum atomic E-state index is 0.349. The summed E-state index contributed by atoms with van der Waals surface area (Å²) in [7, 11) is 0. The number of ether oxygens (including phenoxy) is 2. The van der Waals surface area contributed by atoms with Crippen molar-refractivity contribution in [1.82, 2.24) is 10.2 Å². The van der Waals surface area contributed by atoms with Gasteiger partial charge < -0.3 is 9.47 Å². The van der Waals surface area contributed by atoms with Gasteiger partial charge in [-0.3, -0.25) is 4.90 Å². The predicted molar refractivity (Wildman–Crippen MR) is 59.7 cm³/mol. The van der Waals surface area contributed by atoms with E-state index in [4.69, 9.17) is 9.47 Å². The molecule has 1 radical (unpaired) electrons. The number of piperazine rings is 1. The van der Waals surface area contributed by atoms with Crippen molar-refractivity contribution in [1.29, 1.82) is 0 Å². The molecule has 1 fully saturated rings. The van der Waals surface area contributed by atoms with Crippen molar-refractivity contribution in [2.45, 2.75) is 6.54 Å². The largest absolute Gasteiger partial charge is 0.454 e. The summed E-state index contributed by atoms with van der Waals surface area (Å²) in [6.07, 6.45) is 0. The first-order chi connectivity index (χ1) is 7.92. The lowest BCUT2D eigenvalue weighted by Gasteiger charge is -2.26. The Kier molecular flexibility index (Phi) is 2.68. The summed E-state index contributed by atoms with van der Waals surface area (Å²) >= 11 is 0. The van der Waals surface area contributed by atoms with Gasteiger partial charge in [0.05, 0.1) is 0 Å². The number of rotatable bonds is 2. The molecule has 0 aromatic heterocycles. The van der Waals surface area contributed by atoms with Gasteiger partial charge in [0.15, 0.2) is 11.5 Å². The van der Waals surface area contributed by atoms with Crippen molar-refractivity contribution in [3.63, 3.8) is 0 Å². The fourth-order valence-electron chi connectivity index (χ4n) is 2.10. The summed E-state index contributed by atoms with van der Waals surface area (Å²) in [6.45, 7) is 5.38. The van der Waals surface area contributed by atoms with Crippen LogP contribution in [-0.2, 0) is 6.54 Å². The van der Waals surface area contributed by atoms with E-state index in [-0.39, 0.29) is 0 Å². The second kappa shape index (κ2) is 4.31. The maximum Gasteiger partial charge on any atom is 0.231 e. The number of nitrogens with zero attached hydrogens (tertiary/aromatic N) is 2. The van der Waals surface area contributed by atoms with Gasteiger partial charge in [0, 0.05) is 32.7 Å². The van der Waals surface area contributed by atoms with Crippen LogP contribution in [0.1, 0.15) is 5.56 Å². The molecular formula is C12H15N2O2. The first kappa shape index (κ1) is 9.93. The van der Waals surface area contributed by atoms with Crippen LogP contribution in [-0.4, -0.2) is 37.9 Å². The van der Waals surface area contributed by atoms with E-state index < -0.39 is 0 Å². The number of hydrogen-bond donors (Lipinski definition) is 0. The highest BCUT2D eigenvalue weighted by Gasteiger charge is 2.15. The Morgan fingerprint density at radius 3 is 2.81 bits per heavy atom. The smallest absolute Gasteiger partial charge is 0.231 e. The zero-order chi connectivity index (χ0) is 10.8. The summed E-state index contributed by atoms with van der Waals surface area (Å²) in [5, 5.41) is 4.34. The van der Waals surface area contributed by atoms with E-state index in [0.717, 1.165) is 44.2 Å². The Bertz CT molecular complexity index is 375. The zero-order valence-corrected chi connectivity index (χ0v) is 9.19. The molecule has 3 rings (SSSR count). The van der Waals surface area contributed by atoms with E-state index in [0.29, 0.717) is 6.79 Å². The minimum absolute atomic E-state index is 0.349. The van der Waals surface area contributed by atoms with E-state index in [2.05, 4.69) is 22.3 Å². The molecule has 1 aromatic carbocycles. The maximum absolute atomic E-state index is 5.37. The van der Waals surface area contributed by atoms with Crippen molar-refractivity contribution >= 4 is 0 Å². The molecule has 0 aliphatic carbocycles. The van der Waals surface area contributed by atoms with Crippen LogP contribution in [0.4, 0.5) is 0 Å². The molecule has 2 heterocycles. The van der Waals surface area contributed by atoms with Crippen molar-refractivity contribution in [2.24, 2.45) is 0 Å². The molecule has 0 N–H and O–H groups in total. The van der Waals surface area contributed by atoms with Crippen molar-refractivity contribution in [2.75, 3.05) is 33.0 Å². The molecule has 0 atom stereocenters. The predicted octanol–water partition coefficient (Wildman–Crippen LogP) is 0.835. The average molecular weight is 219 g/mol. The van der Waals surface area contributed by atoms with Gasteiger partial charge in [-0.2, -0.15) is 0 Å². The molecule has 0 saturated carbocycles. The lowest BCUT2D eigenvalue weighted by Crippen LogP contribution is -2.39. The van der Waals surface area contributed by atoms with Crippen LogP contribution in [0.25, 0.3) is 0 Å². The molecule has 85 valence electrons. The third-order valence-corrected chi connectivity index (χ3v) is 2.99. The molecule has 4 nitrogen and oxygen atoms in total. The van der Waals surface area contributed by atoms with Gasteiger partial charge in [-0.05, 0) is 17.7 Å². The lowest BCUT2D eigenvalue weighted by atomic mass is 10.2. The Balaban J connectivity index is 1.69. The molecule has 2 aliphatic rings. The van der Waals surface area contributed by atoms with E-state index in [1.54, 1.807) is 0 Å². The van der Waals surface area contributed by atoms with E-state index in [1.165, 1.54) is 5.56 Å². The summed E-state index contributed by atoms with van der Waals surface area (Å²) in [4.78, 5) is 2.42. The van der Waals surface area contributed by atoms with E-state index >= 15 is 0 Å². The Labute approximate surface area is 95.1 Å². The molecule has 16 heavy (non-hydrogen) atoms. The Hall–Kier alpha value is -1.26. The van der Waals surface area contributed by atoms with E-state index in [9.17, 15) is 0 Å². The quantitative estimate of drug-likeness (QED) is 0.739. The Morgan fingerprint density at radius 1 is 1.12 bits per heavy atom. The number of fused-ring (bicyclic) bond motifs is 1. The molecule has 1 aromatic rings. The van der Waals surface area contributed by atoms with Crippen LogP contribution in [0.15, 0.2) is 18.2 Å². The average Bonchev–Trinajstić information content (AvgIpc) is 2.77. The molecule has 0 bridgehead atoms. The summed E-state index contributed by atoms with van der Waals surface area (Å²) in [6, 6.07) is 6.18. The van der Waals surface area contributed by atoms with Gasteiger partial charge in [0.25, 0.3) is 0 Å². The fourth-order valence-corrected chi connectivity index (χ4v) is 2.10. The first-order valence-electron chi connectivity index (χ1n) is 5.66. The van der Waals surface area contributed by atoms with Crippen molar-refractivity contribution in [3.8, 4) is 11.5 Å². The maximum atomic E-state index is 5.37. The third-order valence-electron chi connectivity index (χ3n) is 2.99. The first-order valence-corrected chi connectivity index (χ1v) is 5.66. The second-order valence-corrected chi connectivity index (χ2v) is 4.13. The highest BCUT2D eigenvalue weighted by atomic mass is 16.7. The van der Waals surface area contributed by atoms with Gasteiger partial charge in [0.2, 0.25) is 6.79 Å². The number of hydrogen-bond acceptors (Lipinski definition) is 3. The summed E-state index contributed by atoms with van der Waals surface area (Å²) < 4.78 is 10.7. The van der Waals surface area contributed by atoms with E-state index in [1.807, 2.05) is 6.07 Å². The van der Waals surface area contributed by atoms with Crippen LogP contribution < -0.4 is 14.8 Å². The van der Waals surface area contributed by atoms with Gasteiger partial charge >= 0.3 is 0 Å². The van der Waals surface area contributed by atoms with Gasteiger partial charge in [-0.1, -0.05) is 6.07 Å². The fraction of sp³-hybridized carbons (Fsp3) is 0.500. The third kappa shape index (κ3) is 1.99. The summed E-state index contributed by atoms with van der Waals surface area (Å²) in [5.41, 5.74) is 1.28. The minimum Gasteiger partial charge on any atom is -0.454 e. The number of benzene rings is 1. The van der Waals surface area contributed by atoms with Crippen LogP contribution in [0.5, 0.6) is 11.5 Å².